The highest BCUT2D eigenvalue weighted by Gasteiger charge is 2.28. The third-order valence-corrected chi connectivity index (χ3v) is 7.25. The van der Waals surface area contributed by atoms with E-state index in [0.717, 1.165) is 62.3 Å². The molecule has 0 bridgehead atoms. The minimum absolute atomic E-state index is 0.0926. The summed E-state index contributed by atoms with van der Waals surface area (Å²) in [6, 6.07) is 0.0926. The van der Waals surface area contributed by atoms with Crippen molar-refractivity contribution in [3.63, 3.8) is 0 Å². The van der Waals surface area contributed by atoms with Gasteiger partial charge in [-0.2, -0.15) is 0 Å². The summed E-state index contributed by atoms with van der Waals surface area (Å²) in [4.78, 5) is 30.4. The Bertz CT molecular complexity index is 1090. The molecular weight excluding hydrogens is 510 g/mol. The van der Waals surface area contributed by atoms with Crippen molar-refractivity contribution in [1.29, 1.82) is 0 Å². The minimum Gasteiger partial charge on any atom is -0.444 e. The van der Waals surface area contributed by atoms with E-state index in [1.807, 2.05) is 32.9 Å². The van der Waals surface area contributed by atoms with Crippen molar-refractivity contribution in [2.75, 3.05) is 39.3 Å². The molecule has 1 aliphatic carbocycles. The summed E-state index contributed by atoms with van der Waals surface area (Å²) >= 11 is 0. The summed E-state index contributed by atoms with van der Waals surface area (Å²) in [5, 5.41) is 25.3. The normalized spacial score (nSPS) is 28.2. The molecule has 3 heterocycles. The number of hydroxylamine groups is 2. The van der Waals surface area contributed by atoms with Crippen LogP contribution in [-0.2, 0) is 4.74 Å². The Hall–Kier alpha value is -3.02. The van der Waals surface area contributed by atoms with Crippen molar-refractivity contribution in [2.45, 2.75) is 84.0 Å². The molecule has 3 N–H and O–H groups in total. The highest BCUT2D eigenvalue weighted by molar-refractivity contribution is 6.25. The highest BCUT2D eigenvalue weighted by atomic mass is 16.6. The Morgan fingerprint density at radius 3 is 2.52 bits per heavy atom. The predicted octanol–water partition coefficient (Wildman–Crippen LogP) is 3.47. The number of unbranched alkanes of at least 4 members (excludes halogenated alkanes) is 1. The summed E-state index contributed by atoms with van der Waals surface area (Å²) in [6.07, 6.45) is 12.0. The molecule has 0 aromatic carbocycles. The van der Waals surface area contributed by atoms with Crippen LogP contribution in [0, 0.1) is 0 Å². The Morgan fingerprint density at radius 2 is 1.88 bits per heavy atom. The summed E-state index contributed by atoms with van der Waals surface area (Å²) < 4.78 is 5.50. The lowest BCUT2D eigenvalue weighted by atomic mass is 9.93. The monoisotopic (exact) mass is 555 g/mol. The number of nitrogens with one attached hydrogen (secondary N) is 1. The summed E-state index contributed by atoms with van der Waals surface area (Å²) in [5.41, 5.74) is 1.73. The third kappa shape index (κ3) is 8.49. The molecule has 220 valence electrons. The first kappa shape index (κ1) is 30.0. The molecule has 11 heteroatoms. The van der Waals surface area contributed by atoms with Gasteiger partial charge in [0.1, 0.15) is 11.4 Å². The second kappa shape index (κ2) is 13.6. The van der Waals surface area contributed by atoms with Crippen LogP contribution in [0.25, 0.3) is 0 Å². The average molecular weight is 556 g/mol. The number of amides is 1. The molecule has 0 aromatic heterocycles. The molecule has 4 rings (SSSR count). The van der Waals surface area contributed by atoms with Crippen LogP contribution < -0.4 is 5.32 Å². The van der Waals surface area contributed by atoms with E-state index in [1.54, 1.807) is 17.3 Å². The number of carbonyl (C=O) groups is 1. The van der Waals surface area contributed by atoms with Gasteiger partial charge in [0.2, 0.25) is 5.96 Å². The molecule has 3 aliphatic heterocycles. The summed E-state index contributed by atoms with van der Waals surface area (Å²) in [6.45, 7) is 11.8. The fourth-order valence-corrected chi connectivity index (χ4v) is 4.99. The van der Waals surface area contributed by atoms with E-state index in [9.17, 15) is 15.1 Å². The van der Waals surface area contributed by atoms with E-state index in [1.165, 1.54) is 0 Å². The number of rotatable bonds is 6. The van der Waals surface area contributed by atoms with Crippen molar-refractivity contribution >= 4 is 24.1 Å². The van der Waals surface area contributed by atoms with Crippen LogP contribution >= 0.6 is 0 Å². The number of carbonyl (C=O) groups excluding carboxylic acids is 1. The molecule has 1 amide bonds. The second-order valence-corrected chi connectivity index (χ2v) is 11.8. The van der Waals surface area contributed by atoms with Gasteiger partial charge in [-0.3, -0.25) is 20.1 Å². The van der Waals surface area contributed by atoms with Crippen molar-refractivity contribution < 1.29 is 19.8 Å². The van der Waals surface area contributed by atoms with Crippen LogP contribution in [0.15, 0.2) is 50.2 Å². The van der Waals surface area contributed by atoms with Crippen molar-refractivity contribution in [3.05, 3.63) is 35.2 Å². The highest BCUT2D eigenvalue weighted by Crippen LogP contribution is 2.24. The first-order chi connectivity index (χ1) is 19.1. The van der Waals surface area contributed by atoms with Gasteiger partial charge in [-0.25, -0.2) is 14.9 Å². The molecule has 1 saturated heterocycles. The lowest BCUT2D eigenvalue weighted by Gasteiger charge is -2.36. The van der Waals surface area contributed by atoms with Crippen LogP contribution in [0.5, 0.6) is 0 Å². The van der Waals surface area contributed by atoms with Crippen molar-refractivity contribution in [3.8, 4) is 0 Å². The van der Waals surface area contributed by atoms with Gasteiger partial charge in [-0.1, -0.05) is 19.4 Å². The molecule has 1 saturated carbocycles. The summed E-state index contributed by atoms with van der Waals surface area (Å²) in [7, 11) is 0. The molecule has 4 aliphatic rings. The smallest absolute Gasteiger partial charge is 0.410 e. The second-order valence-electron chi connectivity index (χ2n) is 11.8. The van der Waals surface area contributed by atoms with E-state index < -0.39 is 5.60 Å². The molecule has 0 radical (unpaired) electrons. The van der Waals surface area contributed by atoms with Gasteiger partial charge in [0.15, 0.2) is 0 Å². The third-order valence-electron chi connectivity index (χ3n) is 7.25. The van der Waals surface area contributed by atoms with E-state index in [-0.39, 0.29) is 18.2 Å². The van der Waals surface area contributed by atoms with Crippen LogP contribution in [-0.4, -0.2) is 106 Å². The Morgan fingerprint density at radius 1 is 1.15 bits per heavy atom. The lowest BCUT2D eigenvalue weighted by Crippen LogP contribution is -2.50. The zero-order chi connectivity index (χ0) is 28.7. The number of ether oxygens (including phenoxy) is 1. The van der Waals surface area contributed by atoms with Gasteiger partial charge < -0.3 is 20.1 Å². The van der Waals surface area contributed by atoms with Gasteiger partial charge >= 0.3 is 6.09 Å². The first-order valence-corrected chi connectivity index (χ1v) is 14.5. The Balaban J connectivity index is 1.43. The summed E-state index contributed by atoms with van der Waals surface area (Å²) in [5.74, 6) is 1.17. The number of aliphatic hydroxyl groups excluding tert-OH is 1. The average Bonchev–Trinajstić information content (AvgIpc) is 2.90. The number of piperazine rings is 1. The van der Waals surface area contributed by atoms with Gasteiger partial charge in [-0.05, 0) is 64.5 Å². The zero-order valence-corrected chi connectivity index (χ0v) is 24.3. The molecule has 0 spiro atoms. The van der Waals surface area contributed by atoms with Crippen LogP contribution in [0.3, 0.4) is 0 Å². The van der Waals surface area contributed by atoms with E-state index in [4.69, 9.17) is 9.73 Å². The largest absolute Gasteiger partial charge is 0.444 e. The number of aliphatic hydroxyl groups is 1. The fraction of sp³-hybridized carbons (Fsp3) is 0.655. The topological polar surface area (TPSA) is 126 Å². The van der Waals surface area contributed by atoms with E-state index in [2.05, 4.69) is 27.1 Å². The van der Waals surface area contributed by atoms with Crippen molar-refractivity contribution in [1.82, 2.24) is 20.2 Å². The number of allylic oxidation sites excluding steroid dienone is 1. The van der Waals surface area contributed by atoms with E-state index in [0.29, 0.717) is 49.2 Å². The zero-order valence-electron chi connectivity index (χ0n) is 24.3. The number of nitrogens with zero attached hydrogens (tertiary/aromatic N) is 6. The van der Waals surface area contributed by atoms with Crippen LogP contribution in [0.2, 0.25) is 0 Å². The SMILES string of the molecule is CCCCN=C1N=C/C(=C2/C=CC(CN3CCN(C(=O)OC(C)(C)C)CC3)=CN2O)C(=NC2CCC(O)CC2)N1. The van der Waals surface area contributed by atoms with Crippen molar-refractivity contribution in [2.24, 2.45) is 15.0 Å². The van der Waals surface area contributed by atoms with Crippen LogP contribution in [0.1, 0.15) is 66.2 Å². The molecule has 2 fully saturated rings. The maximum absolute atomic E-state index is 12.4. The molecule has 0 aromatic rings. The number of hydrogen-bond acceptors (Lipinski definition) is 8. The fourth-order valence-electron chi connectivity index (χ4n) is 4.99. The standard InChI is InChI=1S/C29H45N7O4/c1-5-6-13-30-27-31-18-24(26(33-27)32-22-8-10-23(37)11-9-22)25-12-7-21(20-36(25)39)19-34-14-16-35(17-15-34)28(38)40-29(2,3)4/h7,12,18,20,22-23,37,39H,5-6,8-11,13-17,19H2,1-4H3,(H,30,32,33)/b25-24+. The van der Waals surface area contributed by atoms with Gasteiger partial charge in [0.25, 0.3) is 0 Å². The Labute approximate surface area is 237 Å². The van der Waals surface area contributed by atoms with Gasteiger partial charge in [-0.15, -0.1) is 0 Å². The first-order valence-electron chi connectivity index (χ1n) is 14.5. The Kier molecular flexibility index (Phi) is 10.2. The lowest BCUT2D eigenvalue weighted by molar-refractivity contribution is -0.00221. The number of hydrogen-bond donors (Lipinski definition) is 3. The number of amidine groups is 1. The van der Waals surface area contributed by atoms with E-state index >= 15 is 0 Å². The number of guanidine groups is 1. The number of aliphatic imine (C=N–C) groups is 3. The van der Waals surface area contributed by atoms with Gasteiger partial charge in [0, 0.05) is 51.7 Å². The molecule has 40 heavy (non-hydrogen) atoms. The van der Waals surface area contributed by atoms with Gasteiger partial charge in [0.05, 0.1) is 23.4 Å². The minimum atomic E-state index is -0.506. The quantitative estimate of drug-likeness (QED) is 0.429. The van der Waals surface area contributed by atoms with Crippen LogP contribution in [0.4, 0.5) is 4.79 Å². The molecular formula is C29H45N7O4. The molecule has 0 unspecified atom stereocenters. The maximum atomic E-state index is 12.4. The maximum Gasteiger partial charge on any atom is 0.410 e. The molecule has 0 atom stereocenters. The molecule has 11 nitrogen and oxygen atoms in total. The predicted molar refractivity (Wildman–Crippen MR) is 157 cm³/mol.